The van der Waals surface area contributed by atoms with Gasteiger partial charge < -0.3 is 19.5 Å². The number of methoxy groups -OCH3 is 2. The van der Waals surface area contributed by atoms with Crippen molar-refractivity contribution in [3.8, 4) is 11.5 Å². The highest BCUT2D eigenvalue weighted by molar-refractivity contribution is 5.71. The second-order valence-corrected chi connectivity index (χ2v) is 4.03. The zero-order valence-electron chi connectivity index (χ0n) is 11.9. The van der Waals surface area contributed by atoms with Crippen LogP contribution in [0, 0.1) is 6.92 Å². The molecule has 1 N–H and O–H groups in total. The maximum atomic E-state index is 11.2. The van der Waals surface area contributed by atoms with Gasteiger partial charge in [-0.3, -0.25) is 4.79 Å². The summed E-state index contributed by atoms with van der Waals surface area (Å²) in [5.41, 5.74) is 2.06. The first-order chi connectivity index (χ1) is 9.12. The SMILES string of the molecule is CCOC(=O)CNCc1c(C)cc(OC)cc1OC. The van der Waals surface area contributed by atoms with Gasteiger partial charge in [0.2, 0.25) is 0 Å². The van der Waals surface area contributed by atoms with E-state index in [2.05, 4.69) is 5.32 Å². The van der Waals surface area contributed by atoms with E-state index >= 15 is 0 Å². The molecule has 1 rings (SSSR count). The zero-order chi connectivity index (χ0) is 14.3. The van der Waals surface area contributed by atoms with E-state index in [9.17, 15) is 4.79 Å². The van der Waals surface area contributed by atoms with Gasteiger partial charge in [0.15, 0.2) is 0 Å². The van der Waals surface area contributed by atoms with Gasteiger partial charge in [-0.25, -0.2) is 0 Å². The maximum absolute atomic E-state index is 11.2. The van der Waals surface area contributed by atoms with Crippen LogP contribution in [0.2, 0.25) is 0 Å². The van der Waals surface area contributed by atoms with Gasteiger partial charge in [0.05, 0.1) is 27.4 Å². The highest BCUT2D eigenvalue weighted by atomic mass is 16.5. The molecule has 0 atom stereocenters. The molecule has 1 aromatic rings. The number of esters is 1. The normalized spacial score (nSPS) is 10.1. The van der Waals surface area contributed by atoms with Gasteiger partial charge >= 0.3 is 5.97 Å². The quantitative estimate of drug-likeness (QED) is 0.761. The lowest BCUT2D eigenvalue weighted by atomic mass is 10.1. The lowest BCUT2D eigenvalue weighted by Crippen LogP contribution is -2.24. The largest absolute Gasteiger partial charge is 0.497 e. The van der Waals surface area contributed by atoms with E-state index in [0.29, 0.717) is 13.2 Å². The Morgan fingerprint density at radius 1 is 1.26 bits per heavy atom. The van der Waals surface area contributed by atoms with Crippen molar-refractivity contribution in [1.82, 2.24) is 5.32 Å². The highest BCUT2D eigenvalue weighted by Gasteiger charge is 2.10. The monoisotopic (exact) mass is 267 g/mol. The summed E-state index contributed by atoms with van der Waals surface area (Å²) in [4.78, 5) is 11.2. The fraction of sp³-hybridized carbons (Fsp3) is 0.500. The third-order valence-corrected chi connectivity index (χ3v) is 2.74. The van der Waals surface area contributed by atoms with E-state index in [1.54, 1.807) is 21.1 Å². The molecule has 1 aromatic carbocycles. The molecular formula is C14H21NO4. The molecule has 0 saturated heterocycles. The van der Waals surface area contributed by atoms with E-state index < -0.39 is 0 Å². The van der Waals surface area contributed by atoms with Crippen molar-refractivity contribution in [1.29, 1.82) is 0 Å². The number of hydrogen-bond acceptors (Lipinski definition) is 5. The summed E-state index contributed by atoms with van der Waals surface area (Å²) in [6.45, 7) is 4.88. The molecule has 0 saturated carbocycles. The van der Waals surface area contributed by atoms with Crippen LogP contribution in [0.1, 0.15) is 18.1 Å². The summed E-state index contributed by atoms with van der Waals surface area (Å²) in [6, 6.07) is 3.76. The molecule has 0 aromatic heterocycles. The first-order valence-electron chi connectivity index (χ1n) is 6.20. The van der Waals surface area contributed by atoms with Crippen LogP contribution in [-0.4, -0.2) is 33.3 Å². The molecule has 0 bridgehead atoms. The number of benzene rings is 1. The molecule has 0 aliphatic carbocycles. The van der Waals surface area contributed by atoms with Crippen molar-refractivity contribution in [2.75, 3.05) is 27.4 Å². The van der Waals surface area contributed by atoms with E-state index in [0.717, 1.165) is 22.6 Å². The van der Waals surface area contributed by atoms with Crippen molar-refractivity contribution in [2.24, 2.45) is 0 Å². The van der Waals surface area contributed by atoms with Crippen LogP contribution in [0.4, 0.5) is 0 Å². The van der Waals surface area contributed by atoms with Crippen molar-refractivity contribution in [3.63, 3.8) is 0 Å². The highest BCUT2D eigenvalue weighted by Crippen LogP contribution is 2.28. The molecule has 19 heavy (non-hydrogen) atoms. The second-order valence-electron chi connectivity index (χ2n) is 4.03. The Bertz CT molecular complexity index is 432. The molecule has 0 radical (unpaired) electrons. The van der Waals surface area contributed by atoms with E-state index in [1.165, 1.54) is 0 Å². The number of aryl methyl sites for hydroxylation is 1. The van der Waals surface area contributed by atoms with Gasteiger partial charge in [0.1, 0.15) is 11.5 Å². The fourth-order valence-corrected chi connectivity index (χ4v) is 1.78. The average molecular weight is 267 g/mol. The molecule has 0 aliphatic rings. The van der Waals surface area contributed by atoms with Gasteiger partial charge in [-0.1, -0.05) is 0 Å². The maximum Gasteiger partial charge on any atom is 0.319 e. The third-order valence-electron chi connectivity index (χ3n) is 2.74. The predicted molar refractivity (Wildman–Crippen MR) is 72.6 cm³/mol. The second kappa shape index (κ2) is 7.63. The Morgan fingerprint density at radius 2 is 2.00 bits per heavy atom. The van der Waals surface area contributed by atoms with Crippen LogP contribution >= 0.6 is 0 Å². The molecule has 0 spiro atoms. The van der Waals surface area contributed by atoms with E-state index in [4.69, 9.17) is 14.2 Å². The minimum atomic E-state index is -0.257. The van der Waals surface area contributed by atoms with Crippen molar-refractivity contribution < 1.29 is 19.0 Å². The molecule has 0 aliphatic heterocycles. The first kappa shape index (κ1) is 15.3. The van der Waals surface area contributed by atoms with Gasteiger partial charge in [-0.05, 0) is 25.5 Å². The minimum Gasteiger partial charge on any atom is -0.497 e. The van der Waals surface area contributed by atoms with Crippen LogP contribution in [0.25, 0.3) is 0 Å². The Morgan fingerprint density at radius 3 is 2.58 bits per heavy atom. The number of nitrogens with one attached hydrogen (secondary N) is 1. The molecule has 0 heterocycles. The van der Waals surface area contributed by atoms with Crippen molar-refractivity contribution in [2.45, 2.75) is 20.4 Å². The minimum absolute atomic E-state index is 0.183. The number of rotatable bonds is 7. The van der Waals surface area contributed by atoms with Crippen LogP contribution < -0.4 is 14.8 Å². The smallest absolute Gasteiger partial charge is 0.319 e. The Labute approximate surface area is 113 Å². The van der Waals surface area contributed by atoms with E-state index in [1.807, 2.05) is 19.1 Å². The Kier molecular flexibility index (Phi) is 6.15. The lowest BCUT2D eigenvalue weighted by Gasteiger charge is -2.14. The summed E-state index contributed by atoms with van der Waals surface area (Å²) in [5, 5.41) is 3.04. The van der Waals surface area contributed by atoms with E-state index in [-0.39, 0.29) is 12.5 Å². The molecule has 0 fully saturated rings. The molecule has 0 amide bonds. The molecule has 5 nitrogen and oxygen atoms in total. The van der Waals surface area contributed by atoms with Gasteiger partial charge in [0.25, 0.3) is 0 Å². The third kappa shape index (κ3) is 4.44. The van der Waals surface area contributed by atoms with Crippen LogP contribution in [0.5, 0.6) is 11.5 Å². The molecule has 0 unspecified atom stereocenters. The summed E-state index contributed by atoms with van der Waals surface area (Å²) in [6.07, 6.45) is 0. The first-order valence-corrected chi connectivity index (χ1v) is 6.20. The molecular weight excluding hydrogens is 246 g/mol. The Balaban J connectivity index is 2.69. The summed E-state index contributed by atoms with van der Waals surface area (Å²) >= 11 is 0. The molecule has 5 heteroatoms. The number of hydrogen-bond donors (Lipinski definition) is 1. The van der Waals surface area contributed by atoms with Crippen LogP contribution in [-0.2, 0) is 16.1 Å². The zero-order valence-corrected chi connectivity index (χ0v) is 11.9. The molecule has 106 valence electrons. The van der Waals surface area contributed by atoms with Gasteiger partial charge in [-0.15, -0.1) is 0 Å². The van der Waals surface area contributed by atoms with Crippen LogP contribution in [0.3, 0.4) is 0 Å². The van der Waals surface area contributed by atoms with Gasteiger partial charge in [0, 0.05) is 18.2 Å². The number of carbonyl (C=O) groups excluding carboxylic acids is 1. The lowest BCUT2D eigenvalue weighted by molar-refractivity contribution is -0.142. The Hall–Kier alpha value is -1.75. The summed E-state index contributed by atoms with van der Waals surface area (Å²) in [7, 11) is 3.23. The summed E-state index contributed by atoms with van der Waals surface area (Å²) < 4.78 is 15.4. The average Bonchev–Trinajstić information content (AvgIpc) is 2.40. The predicted octanol–water partition coefficient (Wildman–Crippen LogP) is 1.66. The standard InChI is InChI=1S/C14H21NO4/c1-5-19-14(16)9-15-8-12-10(2)6-11(17-3)7-13(12)18-4/h6-7,15H,5,8-9H2,1-4H3. The van der Waals surface area contributed by atoms with Crippen molar-refractivity contribution >= 4 is 5.97 Å². The van der Waals surface area contributed by atoms with Crippen LogP contribution in [0.15, 0.2) is 12.1 Å². The number of ether oxygens (including phenoxy) is 3. The van der Waals surface area contributed by atoms with Crippen molar-refractivity contribution in [3.05, 3.63) is 23.3 Å². The summed E-state index contributed by atoms with van der Waals surface area (Å²) in [5.74, 6) is 1.24. The van der Waals surface area contributed by atoms with Gasteiger partial charge in [-0.2, -0.15) is 0 Å². The number of carbonyl (C=O) groups is 1. The topological polar surface area (TPSA) is 56.8 Å². The fourth-order valence-electron chi connectivity index (χ4n) is 1.78.